The van der Waals surface area contributed by atoms with Crippen molar-refractivity contribution in [1.29, 1.82) is 0 Å². The molecule has 5 nitrogen and oxygen atoms in total. The molecular weight excluding hydrogens is 312 g/mol. The molecule has 2 bridgehead atoms. The lowest BCUT2D eigenvalue weighted by Gasteiger charge is -2.23. The number of hydrogen-bond donors (Lipinski definition) is 2. The number of aromatic nitrogens is 1. The van der Waals surface area contributed by atoms with Crippen molar-refractivity contribution in [1.82, 2.24) is 4.98 Å². The number of rotatable bonds is 3. The van der Waals surface area contributed by atoms with Gasteiger partial charge in [0.25, 0.3) is 0 Å². The fourth-order valence-electron chi connectivity index (χ4n) is 3.86. The van der Waals surface area contributed by atoms with Crippen molar-refractivity contribution < 1.29 is 14.7 Å². The Kier molecular flexibility index (Phi) is 3.23. The fraction of sp³-hybridized carbons (Fsp3) is 0.353. The van der Waals surface area contributed by atoms with Crippen molar-refractivity contribution >= 4 is 39.1 Å². The van der Waals surface area contributed by atoms with Crippen molar-refractivity contribution in [2.24, 2.45) is 23.7 Å². The number of thiazole rings is 1. The predicted molar refractivity (Wildman–Crippen MR) is 88.3 cm³/mol. The van der Waals surface area contributed by atoms with Gasteiger partial charge >= 0.3 is 5.97 Å². The van der Waals surface area contributed by atoms with Gasteiger partial charge in [-0.1, -0.05) is 12.2 Å². The second-order valence-corrected chi connectivity index (χ2v) is 7.48. The van der Waals surface area contributed by atoms with Crippen LogP contribution in [0.15, 0.2) is 30.4 Å². The molecule has 0 spiro atoms. The highest BCUT2D eigenvalue weighted by Gasteiger charge is 2.51. The maximum absolute atomic E-state index is 12.6. The van der Waals surface area contributed by atoms with Crippen molar-refractivity contribution in [3.63, 3.8) is 0 Å². The van der Waals surface area contributed by atoms with Gasteiger partial charge in [-0.05, 0) is 43.4 Å². The first kappa shape index (κ1) is 14.4. The molecule has 1 aromatic heterocycles. The van der Waals surface area contributed by atoms with Gasteiger partial charge in [0, 0.05) is 5.69 Å². The standard InChI is InChI=1S/C17H16N2O3S/c1-8-18-12-5-4-11(7-13(12)23-8)19-16(20)14-9-2-3-10(6-9)15(14)17(21)22/h2-5,7,9-10,14-15H,6H2,1H3,(H,19,20)(H,21,22). The molecule has 1 fully saturated rings. The number of nitrogens with zero attached hydrogens (tertiary/aromatic N) is 1. The number of aryl methyl sites for hydroxylation is 1. The number of fused-ring (bicyclic) bond motifs is 3. The van der Waals surface area contributed by atoms with Crippen LogP contribution < -0.4 is 5.32 Å². The predicted octanol–water partition coefficient (Wildman–Crippen LogP) is 3.07. The summed E-state index contributed by atoms with van der Waals surface area (Å²) < 4.78 is 1.02. The molecule has 2 aromatic rings. The van der Waals surface area contributed by atoms with E-state index in [1.807, 2.05) is 37.3 Å². The molecule has 2 aliphatic rings. The lowest BCUT2D eigenvalue weighted by Crippen LogP contribution is -2.36. The van der Waals surface area contributed by atoms with Gasteiger partial charge in [0.1, 0.15) is 0 Å². The molecule has 1 saturated carbocycles. The second kappa shape index (κ2) is 5.16. The minimum atomic E-state index is -0.879. The molecule has 4 atom stereocenters. The maximum atomic E-state index is 12.6. The molecule has 6 heteroatoms. The smallest absolute Gasteiger partial charge is 0.307 e. The van der Waals surface area contributed by atoms with Gasteiger partial charge in [0.2, 0.25) is 5.91 Å². The molecule has 1 amide bonds. The summed E-state index contributed by atoms with van der Waals surface area (Å²) in [5.74, 6) is -2.15. The lowest BCUT2D eigenvalue weighted by molar-refractivity contribution is -0.146. The van der Waals surface area contributed by atoms with Crippen LogP contribution in [-0.4, -0.2) is 22.0 Å². The lowest BCUT2D eigenvalue weighted by atomic mass is 9.82. The minimum Gasteiger partial charge on any atom is -0.481 e. The van der Waals surface area contributed by atoms with Gasteiger partial charge < -0.3 is 10.4 Å². The highest BCUT2D eigenvalue weighted by Crippen LogP contribution is 2.48. The van der Waals surface area contributed by atoms with E-state index in [0.29, 0.717) is 5.69 Å². The summed E-state index contributed by atoms with van der Waals surface area (Å²) >= 11 is 1.58. The number of hydrogen-bond acceptors (Lipinski definition) is 4. The Morgan fingerprint density at radius 2 is 2.00 bits per heavy atom. The Hall–Kier alpha value is -2.21. The van der Waals surface area contributed by atoms with Crippen LogP contribution in [0, 0.1) is 30.6 Å². The van der Waals surface area contributed by atoms with Crippen molar-refractivity contribution in [2.45, 2.75) is 13.3 Å². The van der Waals surface area contributed by atoms with Gasteiger partial charge in [-0.2, -0.15) is 0 Å². The SMILES string of the molecule is Cc1nc2ccc(NC(=O)C3C4C=CC(C4)C3C(=O)O)cc2s1. The number of benzene rings is 1. The van der Waals surface area contributed by atoms with Crippen LogP contribution in [0.4, 0.5) is 5.69 Å². The average Bonchev–Trinajstić information content (AvgIpc) is 3.18. The van der Waals surface area contributed by atoms with Crippen LogP contribution in [0.1, 0.15) is 11.4 Å². The van der Waals surface area contributed by atoms with Gasteiger partial charge in [-0.15, -0.1) is 11.3 Å². The van der Waals surface area contributed by atoms with E-state index >= 15 is 0 Å². The van der Waals surface area contributed by atoms with E-state index in [9.17, 15) is 14.7 Å². The second-order valence-electron chi connectivity index (χ2n) is 6.24. The first-order valence-corrected chi connectivity index (χ1v) is 8.44. The number of amides is 1. The summed E-state index contributed by atoms with van der Waals surface area (Å²) in [5.41, 5.74) is 1.61. The summed E-state index contributed by atoms with van der Waals surface area (Å²) in [6.07, 6.45) is 4.70. The maximum Gasteiger partial charge on any atom is 0.307 e. The summed E-state index contributed by atoms with van der Waals surface area (Å²) in [4.78, 5) is 28.6. The largest absolute Gasteiger partial charge is 0.481 e. The van der Waals surface area contributed by atoms with Crippen molar-refractivity contribution in [3.8, 4) is 0 Å². The zero-order valence-electron chi connectivity index (χ0n) is 12.5. The van der Waals surface area contributed by atoms with E-state index in [4.69, 9.17) is 0 Å². The molecule has 118 valence electrons. The Morgan fingerprint density at radius 1 is 1.26 bits per heavy atom. The van der Waals surface area contributed by atoms with Gasteiger partial charge in [0.05, 0.1) is 27.1 Å². The van der Waals surface area contributed by atoms with Crippen LogP contribution in [0.2, 0.25) is 0 Å². The zero-order chi connectivity index (χ0) is 16.1. The van der Waals surface area contributed by atoms with Crippen molar-refractivity contribution in [3.05, 3.63) is 35.4 Å². The molecule has 2 aliphatic carbocycles. The summed E-state index contributed by atoms with van der Waals surface area (Å²) in [5, 5.41) is 13.3. The number of carboxylic acids is 1. The fourth-order valence-corrected chi connectivity index (χ4v) is 4.73. The van der Waals surface area contributed by atoms with Gasteiger partial charge in [0.15, 0.2) is 0 Å². The molecule has 2 N–H and O–H groups in total. The first-order chi connectivity index (χ1) is 11.0. The third-order valence-corrected chi connectivity index (χ3v) is 5.74. The molecule has 0 aliphatic heterocycles. The Balaban J connectivity index is 1.58. The minimum absolute atomic E-state index is 0.0140. The van der Waals surface area contributed by atoms with Crippen LogP contribution in [0.5, 0.6) is 0 Å². The molecule has 23 heavy (non-hydrogen) atoms. The van der Waals surface area contributed by atoms with E-state index in [1.165, 1.54) is 0 Å². The highest BCUT2D eigenvalue weighted by atomic mass is 32.1. The van der Waals surface area contributed by atoms with E-state index in [0.717, 1.165) is 21.6 Å². The highest BCUT2D eigenvalue weighted by molar-refractivity contribution is 7.18. The molecule has 0 radical (unpaired) electrons. The molecule has 4 rings (SSSR count). The van der Waals surface area contributed by atoms with E-state index in [1.54, 1.807) is 11.3 Å². The zero-order valence-corrected chi connectivity index (χ0v) is 13.3. The van der Waals surface area contributed by atoms with Gasteiger partial charge in [-0.3, -0.25) is 9.59 Å². The Bertz CT molecular complexity index is 841. The molecule has 4 unspecified atom stereocenters. The Labute approximate surface area is 137 Å². The van der Waals surface area contributed by atoms with Crippen LogP contribution in [-0.2, 0) is 9.59 Å². The molecule has 0 saturated heterocycles. The molecular formula is C17H16N2O3S. The number of aliphatic carboxylic acids is 1. The topological polar surface area (TPSA) is 79.3 Å². The number of allylic oxidation sites excluding steroid dienone is 2. The third kappa shape index (κ3) is 2.34. The quantitative estimate of drug-likeness (QED) is 0.849. The number of carboxylic acid groups (broad SMARTS) is 1. The average molecular weight is 328 g/mol. The number of anilines is 1. The van der Waals surface area contributed by atoms with E-state index in [-0.39, 0.29) is 17.7 Å². The molecule has 1 aromatic carbocycles. The van der Waals surface area contributed by atoms with Crippen molar-refractivity contribution in [2.75, 3.05) is 5.32 Å². The Morgan fingerprint density at radius 3 is 2.74 bits per heavy atom. The summed E-state index contributed by atoms with van der Waals surface area (Å²) in [6, 6.07) is 5.60. The van der Waals surface area contributed by atoms with Gasteiger partial charge in [-0.25, -0.2) is 4.98 Å². The summed E-state index contributed by atoms with van der Waals surface area (Å²) in [7, 11) is 0. The first-order valence-electron chi connectivity index (χ1n) is 7.62. The summed E-state index contributed by atoms with van der Waals surface area (Å²) in [6.45, 7) is 1.95. The van der Waals surface area contributed by atoms with E-state index in [2.05, 4.69) is 10.3 Å². The van der Waals surface area contributed by atoms with Crippen LogP contribution in [0.3, 0.4) is 0 Å². The molecule has 1 heterocycles. The number of nitrogens with one attached hydrogen (secondary N) is 1. The monoisotopic (exact) mass is 328 g/mol. The third-order valence-electron chi connectivity index (χ3n) is 4.81. The van der Waals surface area contributed by atoms with Crippen LogP contribution in [0.25, 0.3) is 10.2 Å². The van der Waals surface area contributed by atoms with E-state index < -0.39 is 17.8 Å². The normalized spacial score (nSPS) is 28.4. The number of carbonyl (C=O) groups excluding carboxylic acids is 1. The number of carbonyl (C=O) groups is 2. The van der Waals surface area contributed by atoms with Crippen LogP contribution >= 0.6 is 11.3 Å².